The van der Waals surface area contributed by atoms with Crippen molar-refractivity contribution >= 4 is 21.8 Å². The van der Waals surface area contributed by atoms with Gasteiger partial charge in [-0.25, -0.2) is 4.39 Å². The van der Waals surface area contributed by atoms with Crippen molar-refractivity contribution in [3.63, 3.8) is 0 Å². The van der Waals surface area contributed by atoms with E-state index in [1.165, 1.54) is 31.4 Å². The lowest BCUT2D eigenvalue weighted by Gasteiger charge is -2.34. The van der Waals surface area contributed by atoms with Crippen molar-refractivity contribution in [2.24, 2.45) is 0 Å². The molecule has 1 saturated heterocycles. The fourth-order valence-electron chi connectivity index (χ4n) is 3.80. The van der Waals surface area contributed by atoms with Gasteiger partial charge in [-0.1, -0.05) is 6.42 Å². The lowest BCUT2D eigenvalue weighted by atomic mass is 10.1. The van der Waals surface area contributed by atoms with Gasteiger partial charge in [-0.15, -0.1) is 10.2 Å². The number of aromatic nitrogens is 3. The number of aryl methyl sites for hydroxylation is 1. The van der Waals surface area contributed by atoms with Crippen molar-refractivity contribution in [1.29, 1.82) is 0 Å². The number of fused-ring (bicyclic) bond motifs is 1. The first kappa shape index (κ1) is 18.6. The molecule has 0 atom stereocenters. The SMILES string of the molecule is O=C(c1cc(F)ccc1Br)N1CCN(Cc2nnc3n2CCCCC3)CC1. The van der Waals surface area contributed by atoms with E-state index in [4.69, 9.17) is 0 Å². The largest absolute Gasteiger partial charge is 0.336 e. The molecular formula is C19H23BrFN5O. The predicted octanol–water partition coefficient (Wildman–Crippen LogP) is 2.86. The highest BCUT2D eigenvalue weighted by atomic mass is 79.9. The number of nitrogens with zero attached hydrogens (tertiary/aromatic N) is 5. The van der Waals surface area contributed by atoms with E-state index >= 15 is 0 Å². The molecule has 4 rings (SSSR count). The molecule has 2 aliphatic heterocycles. The summed E-state index contributed by atoms with van der Waals surface area (Å²) in [6.45, 7) is 4.58. The van der Waals surface area contributed by atoms with Crippen LogP contribution in [0.4, 0.5) is 4.39 Å². The molecule has 0 radical (unpaired) electrons. The Labute approximate surface area is 166 Å². The number of carbonyl (C=O) groups excluding carboxylic acids is 1. The van der Waals surface area contributed by atoms with E-state index in [2.05, 4.69) is 35.6 Å². The van der Waals surface area contributed by atoms with E-state index in [0.29, 0.717) is 23.1 Å². The van der Waals surface area contributed by atoms with Crippen LogP contribution in [-0.4, -0.2) is 56.7 Å². The number of amides is 1. The van der Waals surface area contributed by atoms with Crippen LogP contribution < -0.4 is 0 Å². The average molecular weight is 436 g/mol. The zero-order chi connectivity index (χ0) is 18.8. The Morgan fingerprint density at radius 2 is 1.89 bits per heavy atom. The van der Waals surface area contributed by atoms with Crippen molar-refractivity contribution in [3.05, 3.63) is 45.7 Å². The summed E-state index contributed by atoms with van der Waals surface area (Å²) in [6, 6.07) is 4.22. The van der Waals surface area contributed by atoms with Gasteiger partial charge in [-0.3, -0.25) is 9.69 Å². The highest BCUT2D eigenvalue weighted by Crippen LogP contribution is 2.21. The normalized spacial score (nSPS) is 18.2. The topological polar surface area (TPSA) is 54.3 Å². The van der Waals surface area contributed by atoms with Crippen molar-refractivity contribution in [1.82, 2.24) is 24.6 Å². The number of piperazine rings is 1. The number of carbonyl (C=O) groups is 1. The van der Waals surface area contributed by atoms with Gasteiger partial charge in [0, 0.05) is 43.6 Å². The van der Waals surface area contributed by atoms with Gasteiger partial charge in [-0.05, 0) is 47.0 Å². The van der Waals surface area contributed by atoms with Gasteiger partial charge in [0.25, 0.3) is 5.91 Å². The monoisotopic (exact) mass is 435 g/mol. The minimum Gasteiger partial charge on any atom is -0.336 e. The number of rotatable bonds is 3. The molecule has 1 aromatic heterocycles. The van der Waals surface area contributed by atoms with E-state index in [1.54, 1.807) is 11.0 Å². The van der Waals surface area contributed by atoms with Gasteiger partial charge in [0.05, 0.1) is 12.1 Å². The summed E-state index contributed by atoms with van der Waals surface area (Å²) in [7, 11) is 0. The van der Waals surface area contributed by atoms with Crippen LogP contribution >= 0.6 is 15.9 Å². The minimum absolute atomic E-state index is 0.127. The van der Waals surface area contributed by atoms with E-state index < -0.39 is 5.82 Å². The molecular weight excluding hydrogens is 413 g/mol. The van der Waals surface area contributed by atoms with Crippen LogP contribution in [-0.2, 0) is 19.5 Å². The van der Waals surface area contributed by atoms with Crippen LogP contribution in [0.15, 0.2) is 22.7 Å². The number of hydrogen-bond acceptors (Lipinski definition) is 4. The molecule has 0 N–H and O–H groups in total. The van der Waals surface area contributed by atoms with Crippen LogP contribution in [0, 0.1) is 5.82 Å². The van der Waals surface area contributed by atoms with E-state index in [9.17, 15) is 9.18 Å². The molecule has 0 unspecified atom stereocenters. The first-order chi connectivity index (χ1) is 13.1. The fourth-order valence-corrected chi connectivity index (χ4v) is 4.22. The lowest BCUT2D eigenvalue weighted by molar-refractivity contribution is 0.0622. The Hall–Kier alpha value is -1.80. The molecule has 0 bridgehead atoms. The second-order valence-electron chi connectivity index (χ2n) is 7.19. The van der Waals surface area contributed by atoms with Crippen LogP contribution in [0.25, 0.3) is 0 Å². The van der Waals surface area contributed by atoms with E-state index in [-0.39, 0.29) is 5.91 Å². The summed E-state index contributed by atoms with van der Waals surface area (Å²) in [5.41, 5.74) is 0.381. The highest BCUT2D eigenvalue weighted by Gasteiger charge is 2.25. The third-order valence-corrected chi connectivity index (χ3v) is 6.06. The summed E-state index contributed by atoms with van der Waals surface area (Å²) in [6.07, 6.45) is 4.63. The molecule has 6 nitrogen and oxygen atoms in total. The van der Waals surface area contributed by atoms with Crippen molar-refractivity contribution < 1.29 is 9.18 Å². The average Bonchev–Trinajstić information content (AvgIpc) is 2.90. The molecule has 27 heavy (non-hydrogen) atoms. The summed E-state index contributed by atoms with van der Waals surface area (Å²) in [5, 5.41) is 8.76. The van der Waals surface area contributed by atoms with Gasteiger partial charge in [0.2, 0.25) is 0 Å². The first-order valence-corrected chi connectivity index (χ1v) is 10.3. The Kier molecular flexibility index (Phi) is 5.54. The minimum atomic E-state index is -0.396. The van der Waals surface area contributed by atoms with Gasteiger partial charge in [0.15, 0.2) is 0 Å². The second-order valence-corrected chi connectivity index (χ2v) is 8.04. The molecule has 0 saturated carbocycles. The molecule has 144 valence electrons. The molecule has 1 amide bonds. The molecule has 2 aromatic rings. The molecule has 0 spiro atoms. The maximum atomic E-state index is 13.5. The van der Waals surface area contributed by atoms with Crippen LogP contribution in [0.5, 0.6) is 0 Å². The highest BCUT2D eigenvalue weighted by molar-refractivity contribution is 9.10. The smallest absolute Gasteiger partial charge is 0.255 e. The van der Waals surface area contributed by atoms with Gasteiger partial charge < -0.3 is 9.47 Å². The summed E-state index contributed by atoms with van der Waals surface area (Å²) < 4.78 is 16.4. The molecule has 1 aromatic carbocycles. The van der Waals surface area contributed by atoms with E-state index in [0.717, 1.165) is 44.2 Å². The van der Waals surface area contributed by atoms with Gasteiger partial charge in [-0.2, -0.15) is 0 Å². The predicted molar refractivity (Wildman–Crippen MR) is 103 cm³/mol. The second kappa shape index (κ2) is 8.06. The molecule has 2 aliphatic rings. The third kappa shape index (κ3) is 4.06. The van der Waals surface area contributed by atoms with Crippen LogP contribution in [0.3, 0.4) is 0 Å². The Morgan fingerprint density at radius 1 is 1.07 bits per heavy atom. The van der Waals surface area contributed by atoms with Crippen molar-refractivity contribution in [2.45, 2.75) is 38.8 Å². The lowest BCUT2D eigenvalue weighted by Crippen LogP contribution is -2.48. The number of halogens is 2. The molecule has 3 heterocycles. The molecule has 1 fully saturated rings. The van der Waals surface area contributed by atoms with Gasteiger partial charge >= 0.3 is 0 Å². The summed E-state index contributed by atoms with van der Waals surface area (Å²) in [5.74, 6) is 1.61. The maximum Gasteiger partial charge on any atom is 0.255 e. The number of hydrogen-bond donors (Lipinski definition) is 0. The first-order valence-electron chi connectivity index (χ1n) is 9.49. The fraction of sp³-hybridized carbons (Fsp3) is 0.526. The van der Waals surface area contributed by atoms with Crippen LogP contribution in [0.1, 0.15) is 41.3 Å². The zero-order valence-corrected chi connectivity index (χ0v) is 16.8. The van der Waals surface area contributed by atoms with E-state index in [1.807, 2.05) is 0 Å². The Bertz CT molecular complexity index is 832. The molecule has 0 aliphatic carbocycles. The zero-order valence-electron chi connectivity index (χ0n) is 15.2. The van der Waals surface area contributed by atoms with Crippen LogP contribution in [0.2, 0.25) is 0 Å². The Balaban J connectivity index is 1.37. The molecule has 8 heteroatoms. The third-order valence-electron chi connectivity index (χ3n) is 5.37. The number of benzene rings is 1. The quantitative estimate of drug-likeness (QED) is 0.743. The van der Waals surface area contributed by atoms with Gasteiger partial charge in [0.1, 0.15) is 17.5 Å². The maximum absolute atomic E-state index is 13.5. The standard InChI is InChI=1S/C19H23BrFN5O/c20-16-6-5-14(21)12-15(16)19(27)25-10-8-24(9-11-25)13-18-23-22-17-4-2-1-3-7-26(17)18/h5-6,12H,1-4,7-11,13H2. The van der Waals surface area contributed by atoms with Crippen molar-refractivity contribution in [2.75, 3.05) is 26.2 Å². The Morgan fingerprint density at radius 3 is 2.70 bits per heavy atom. The summed E-state index contributed by atoms with van der Waals surface area (Å²) in [4.78, 5) is 16.8. The van der Waals surface area contributed by atoms with Crippen molar-refractivity contribution in [3.8, 4) is 0 Å². The summed E-state index contributed by atoms with van der Waals surface area (Å²) >= 11 is 3.35.